The molecule has 0 radical (unpaired) electrons. The molecule has 1 fully saturated rings. The van der Waals surface area contributed by atoms with E-state index in [1.807, 2.05) is 13.0 Å². The van der Waals surface area contributed by atoms with Crippen LogP contribution >= 0.6 is 0 Å². The molecule has 0 aromatic carbocycles. The fourth-order valence-corrected chi connectivity index (χ4v) is 1.53. The summed E-state index contributed by atoms with van der Waals surface area (Å²) in [4.78, 5) is 0. The second-order valence-electron chi connectivity index (χ2n) is 3.38. The molecule has 2 rings (SSSR count). The first-order chi connectivity index (χ1) is 5.77. The third-order valence-corrected chi connectivity index (χ3v) is 2.52. The molecule has 12 heavy (non-hydrogen) atoms. The summed E-state index contributed by atoms with van der Waals surface area (Å²) in [5.41, 5.74) is 0.507. The molecule has 0 spiro atoms. The van der Waals surface area contributed by atoms with Crippen LogP contribution in [0, 0.1) is 18.3 Å². The van der Waals surface area contributed by atoms with Gasteiger partial charge in [-0.1, -0.05) is 5.16 Å². The lowest BCUT2D eigenvalue weighted by Gasteiger charge is -2.31. The average Bonchev–Trinajstić information content (AvgIpc) is 2.35. The zero-order valence-electron chi connectivity index (χ0n) is 7.00. The summed E-state index contributed by atoms with van der Waals surface area (Å²) in [6.45, 7) is 1.87. The van der Waals surface area contributed by atoms with E-state index in [2.05, 4.69) is 11.2 Å². The van der Waals surface area contributed by atoms with Crippen molar-refractivity contribution in [1.29, 1.82) is 5.26 Å². The lowest BCUT2D eigenvalue weighted by atomic mass is 9.68. The van der Waals surface area contributed by atoms with Crippen molar-refractivity contribution in [2.24, 2.45) is 0 Å². The van der Waals surface area contributed by atoms with Gasteiger partial charge in [-0.25, -0.2) is 0 Å². The van der Waals surface area contributed by atoms with Crippen LogP contribution in [0.2, 0.25) is 0 Å². The van der Waals surface area contributed by atoms with Crippen LogP contribution in [0.25, 0.3) is 0 Å². The van der Waals surface area contributed by atoms with Crippen molar-refractivity contribution in [2.75, 3.05) is 0 Å². The minimum Gasteiger partial charge on any atom is -0.359 e. The van der Waals surface area contributed by atoms with Gasteiger partial charge in [0.05, 0.1) is 11.8 Å². The minimum atomic E-state index is -0.346. The first-order valence-corrected chi connectivity index (χ1v) is 4.12. The molecule has 1 aromatic rings. The first-order valence-electron chi connectivity index (χ1n) is 4.12. The van der Waals surface area contributed by atoms with Crippen LogP contribution in [-0.4, -0.2) is 5.16 Å². The van der Waals surface area contributed by atoms with Crippen LogP contribution in [0.4, 0.5) is 0 Å². The first kappa shape index (κ1) is 7.35. The topological polar surface area (TPSA) is 49.8 Å². The summed E-state index contributed by atoms with van der Waals surface area (Å²) in [6, 6.07) is 4.17. The number of hydrogen-bond donors (Lipinski definition) is 0. The van der Waals surface area contributed by atoms with Gasteiger partial charge in [-0.3, -0.25) is 0 Å². The molecule has 0 saturated heterocycles. The van der Waals surface area contributed by atoms with Crippen molar-refractivity contribution in [2.45, 2.75) is 31.6 Å². The molecule has 0 atom stereocenters. The van der Waals surface area contributed by atoms with Crippen molar-refractivity contribution in [1.82, 2.24) is 5.16 Å². The van der Waals surface area contributed by atoms with Gasteiger partial charge in [0.2, 0.25) is 0 Å². The third-order valence-electron chi connectivity index (χ3n) is 2.52. The summed E-state index contributed by atoms with van der Waals surface area (Å²) in [6.07, 6.45) is 2.95. The molecule has 0 unspecified atom stereocenters. The number of hydrogen-bond acceptors (Lipinski definition) is 3. The number of nitriles is 1. The number of aromatic nitrogens is 1. The Labute approximate surface area is 71.0 Å². The van der Waals surface area contributed by atoms with Gasteiger partial charge in [0, 0.05) is 6.07 Å². The number of rotatable bonds is 1. The van der Waals surface area contributed by atoms with E-state index < -0.39 is 0 Å². The molecule has 0 amide bonds. The van der Waals surface area contributed by atoms with E-state index in [0.29, 0.717) is 0 Å². The standard InChI is InChI=1S/C9H10N2O/c1-7-5-8(12-11-7)9(6-10)3-2-4-9/h5H,2-4H2,1H3. The largest absolute Gasteiger partial charge is 0.359 e. The molecule has 1 aliphatic rings. The zero-order chi connectivity index (χ0) is 8.60. The Morgan fingerprint density at radius 3 is 2.75 bits per heavy atom. The quantitative estimate of drug-likeness (QED) is 0.634. The number of aryl methyl sites for hydroxylation is 1. The average molecular weight is 162 g/mol. The van der Waals surface area contributed by atoms with E-state index in [1.54, 1.807) is 0 Å². The van der Waals surface area contributed by atoms with Crippen LogP contribution in [0.3, 0.4) is 0 Å². The van der Waals surface area contributed by atoms with E-state index in [4.69, 9.17) is 9.78 Å². The maximum absolute atomic E-state index is 8.96. The Morgan fingerprint density at radius 2 is 2.42 bits per heavy atom. The van der Waals surface area contributed by atoms with Gasteiger partial charge >= 0.3 is 0 Å². The van der Waals surface area contributed by atoms with Crippen molar-refractivity contribution in [3.05, 3.63) is 17.5 Å². The Kier molecular flexibility index (Phi) is 1.44. The van der Waals surface area contributed by atoms with E-state index in [1.165, 1.54) is 0 Å². The van der Waals surface area contributed by atoms with Crippen molar-refractivity contribution in [3.63, 3.8) is 0 Å². The molecular weight excluding hydrogens is 152 g/mol. The smallest absolute Gasteiger partial charge is 0.157 e. The van der Waals surface area contributed by atoms with Crippen LogP contribution in [0.1, 0.15) is 30.7 Å². The zero-order valence-corrected chi connectivity index (χ0v) is 7.00. The van der Waals surface area contributed by atoms with Gasteiger partial charge < -0.3 is 4.52 Å². The molecule has 0 bridgehead atoms. The van der Waals surface area contributed by atoms with Gasteiger partial charge in [-0.05, 0) is 26.2 Å². The fourth-order valence-electron chi connectivity index (χ4n) is 1.53. The summed E-state index contributed by atoms with van der Waals surface area (Å²) >= 11 is 0. The highest BCUT2D eigenvalue weighted by Gasteiger charge is 2.42. The maximum Gasteiger partial charge on any atom is 0.157 e. The summed E-state index contributed by atoms with van der Waals surface area (Å²) in [7, 11) is 0. The molecule has 3 heteroatoms. The normalized spacial score (nSPS) is 19.7. The van der Waals surface area contributed by atoms with E-state index in [0.717, 1.165) is 30.7 Å². The van der Waals surface area contributed by atoms with E-state index in [-0.39, 0.29) is 5.41 Å². The molecule has 62 valence electrons. The molecule has 0 aliphatic heterocycles. The Morgan fingerprint density at radius 1 is 1.67 bits per heavy atom. The third kappa shape index (κ3) is 0.845. The predicted molar refractivity (Wildman–Crippen MR) is 42.4 cm³/mol. The molecular formula is C9H10N2O. The molecule has 1 aromatic heterocycles. The Bertz CT molecular complexity index is 331. The number of nitrogens with zero attached hydrogens (tertiary/aromatic N) is 2. The molecule has 1 saturated carbocycles. The predicted octanol–water partition coefficient (Wildman–Crippen LogP) is 1.93. The molecule has 1 heterocycles. The van der Waals surface area contributed by atoms with Gasteiger partial charge in [0.25, 0.3) is 0 Å². The second kappa shape index (κ2) is 2.34. The summed E-state index contributed by atoms with van der Waals surface area (Å²) < 4.78 is 5.09. The van der Waals surface area contributed by atoms with Crippen LogP contribution in [-0.2, 0) is 5.41 Å². The van der Waals surface area contributed by atoms with Gasteiger partial charge in [-0.15, -0.1) is 0 Å². The Hall–Kier alpha value is -1.30. The monoisotopic (exact) mass is 162 g/mol. The molecule has 0 N–H and O–H groups in total. The van der Waals surface area contributed by atoms with Crippen LogP contribution < -0.4 is 0 Å². The maximum atomic E-state index is 8.96. The van der Waals surface area contributed by atoms with E-state index >= 15 is 0 Å². The van der Waals surface area contributed by atoms with Gasteiger partial charge in [-0.2, -0.15) is 5.26 Å². The molecule has 1 aliphatic carbocycles. The minimum absolute atomic E-state index is 0.346. The van der Waals surface area contributed by atoms with Crippen LogP contribution in [0.15, 0.2) is 10.6 Å². The van der Waals surface area contributed by atoms with Crippen molar-refractivity contribution < 1.29 is 4.52 Å². The van der Waals surface area contributed by atoms with Crippen molar-refractivity contribution >= 4 is 0 Å². The SMILES string of the molecule is Cc1cc(C2(C#N)CCC2)on1. The summed E-state index contributed by atoms with van der Waals surface area (Å²) in [5, 5.41) is 12.7. The summed E-state index contributed by atoms with van der Waals surface area (Å²) in [5.74, 6) is 0.744. The van der Waals surface area contributed by atoms with E-state index in [9.17, 15) is 0 Å². The van der Waals surface area contributed by atoms with Crippen molar-refractivity contribution in [3.8, 4) is 6.07 Å². The lowest BCUT2D eigenvalue weighted by molar-refractivity contribution is 0.240. The lowest BCUT2D eigenvalue weighted by Crippen LogP contribution is -2.31. The van der Waals surface area contributed by atoms with Gasteiger partial charge in [0.1, 0.15) is 5.41 Å². The fraction of sp³-hybridized carbons (Fsp3) is 0.556. The second-order valence-corrected chi connectivity index (χ2v) is 3.38. The highest BCUT2D eigenvalue weighted by molar-refractivity contribution is 5.28. The molecule has 3 nitrogen and oxygen atoms in total. The van der Waals surface area contributed by atoms with Gasteiger partial charge in [0.15, 0.2) is 5.76 Å². The Balaban J connectivity index is 2.35. The highest BCUT2D eigenvalue weighted by atomic mass is 16.5. The highest BCUT2D eigenvalue weighted by Crippen LogP contribution is 2.43. The van der Waals surface area contributed by atoms with Crippen LogP contribution in [0.5, 0.6) is 0 Å².